The fourth-order valence-corrected chi connectivity index (χ4v) is 4.59. The Balaban J connectivity index is 1.82. The number of carbonyl (C=O) groups excluding carboxylic acids is 4. The van der Waals surface area contributed by atoms with Crippen LogP contribution in [0.15, 0.2) is 36.4 Å². The van der Waals surface area contributed by atoms with Gasteiger partial charge in [0.15, 0.2) is 5.78 Å². The number of rotatable bonds is 13. The van der Waals surface area contributed by atoms with E-state index in [4.69, 9.17) is 4.74 Å². The highest BCUT2D eigenvalue weighted by Gasteiger charge is 2.33. The largest absolute Gasteiger partial charge is 0.449 e. The molecule has 0 heterocycles. The summed E-state index contributed by atoms with van der Waals surface area (Å²) in [5, 5.41) is 8.19. The van der Waals surface area contributed by atoms with E-state index in [0.717, 1.165) is 41.5 Å². The number of Topliss-reactive ketones (excluding diaryl/α,β-unsaturated/α-hetero) is 1. The molecule has 37 heavy (non-hydrogen) atoms. The van der Waals surface area contributed by atoms with Gasteiger partial charge in [0, 0.05) is 50.0 Å². The molecule has 198 valence electrons. The molecule has 8 nitrogen and oxygen atoms in total. The predicted octanol–water partition coefficient (Wildman–Crippen LogP) is 5.16. The summed E-state index contributed by atoms with van der Waals surface area (Å²) in [5.74, 6) is -0.390. The maximum atomic E-state index is 13.0. The molecule has 3 amide bonds. The zero-order valence-corrected chi connectivity index (χ0v) is 21.9. The number of ether oxygens (including phenoxy) is 1. The lowest BCUT2D eigenvalue weighted by Gasteiger charge is -2.15. The molecule has 0 aromatic heterocycles. The predicted molar refractivity (Wildman–Crippen MR) is 144 cm³/mol. The Labute approximate surface area is 218 Å². The monoisotopic (exact) mass is 507 g/mol. The van der Waals surface area contributed by atoms with Crippen LogP contribution in [0.2, 0.25) is 0 Å². The van der Waals surface area contributed by atoms with Crippen LogP contribution in [0.3, 0.4) is 0 Å². The Hall–Kier alpha value is -3.68. The summed E-state index contributed by atoms with van der Waals surface area (Å²) in [6.45, 7) is 4.79. The van der Waals surface area contributed by atoms with Crippen molar-refractivity contribution < 1.29 is 23.9 Å². The van der Waals surface area contributed by atoms with Crippen LogP contribution in [-0.2, 0) is 14.3 Å². The second-order valence-electron chi connectivity index (χ2n) is 9.25. The van der Waals surface area contributed by atoms with Crippen molar-refractivity contribution in [3.05, 3.63) is 53.1 Å². The molecular weight excluding hydrogens is 470 g/mol. The molecule has 1 aliphatic rings. The Morgan fingerprint density at radius 2 is 1.68 bits per heavy atom. The molecule has 2 aromatic carbocycles. The van der Waals surface area contributed by atoms with E-state index in [-0.39, 0.29) is 36.5 Å². The SMILES string of the molecule is CCCCC(=O)c1cccc2c1-c1ccc(NC(=O)CCCC(=O)NCCC)cc1C2COC(=O)NC. The quantitative estimate of drug-likeness (QED) is 0.324. The van der Waals surface area contributed by atoms with Gasteiger partial charge >= 0.3 is 6.09 Å². The molecule has 0 spiro atoms. The van der Waals surface area contributed by atoms with Crippen LogP contribution < -0.4 is 16.0 Å². The molecule has 0 aliphatic heterocycles. The standard InChI is InChI=1S/C29H37N3O5/c1-4-6-11-25(33)22-10-7-9-20-24(18-37-29(36)30-3)23-17-19(14-15-21(23)28(20)22)32-27(35)13-8-12-26(34)31-16-5-2/h7,9-10,14-15,17,24H,4-6,8,11-13,16,18H2,1-3H3,(H,30,36)(H,31,34)(H,32,35). The van der Waals surface area contributed by atoms with Crippen LogP contribution in [-0.4, -0.2) is 43.9 Å². The minimum atomic E-state index is -0.530. The van der Waals surface area contributed by atoms with Gasteiger partial charge in [-0.05, 0) is 53.6 Å². The van der Waals surface area contributed by atoms with Crippen molar-refractivity contribution in [1.29, 1.82) is 0 Å². The lowest BCUT2D eigenvalue weighted by molar-refractivity contribution is -0.121. The number of alkyl carbamates (subject to hydrolysis) is 1. The molecular formula is C29H37N3O5. The lowest BCUT2D eigenvalue weighted by Crippen LogP contribution is -2.24. The second-order valence-corrected chi connectivity index (χ2v) is 9.25. The van der Waals surface area contributed by atoms with Crippen LogP contribution in [0, 0.1) is 0 Å². The van der Waals surface area contributed by atoms with Gasteiger partial charge in [-0.1, -0.05) is 44.5 Å². The second kappa shape index (κ2) is 13.6. The van der Waals surface area contributed by atoms with Gasteiger partial charge in [-0.15, -0.1) is 0 Å². The normalized spacial score (nSPS) is 13.3. The minimum absolute atomic E-state index is 0.0480. The van der Waals surface area contributed by atoms with Gasteiger partial charge in [0.05, 0.1) is 0 Å². The third-order valence-corrected chi connectivity index (χ3v) is 6.48. The highest BCUT2D eigenvalue weighted by atomic mass is 16.5. The van der Waals surface area contributed by atoms with Crippen molar-refractivity contribution >= 4 is 29.4 Å². The van der Waals surface area contributed by atoms with E-state index in [1.54, 1.807) is 0 Å². The van der Waals surface area contributed by atoms with Gasteiger partial charge in [0.1, 0.15) is 6.61 Å². The maximum absolute atomic E-state index is 13.0. The molecule has 8 heteroatoms. The summed E-state index contributed by atoms with van der Waals surface area (Å²) in [6, 6.07) is 11.3. The number of fused-ring (bicyclic) bond motifs is 3. The lowest BCUT2D eigenvalue weighted by atomic mass is 9.93. The molecule has 0 fully saturated rings. The number of hydrogen-bond acceptors (Lipinski definition) is 5. The summed E-state index contributed by atoms with van der Waals surface area (Å²) in [4.78, 5) is 49.2. The van der Waals surface area contributed by atoms with E-state index < -0.39 is 6.09 Å². The van der Waals surface area contributed by atoms with Crippen LogP contribution >= 0.6 is 0 Å². The summed E-state index contributed by atoms with van der Waals surface area (Å²) in [7, 11) is 1.50. The van der Waals surface area contributed by atoms with Crippen molar-refractivity contribution in [3.63, 3.8) is 0 Å². The molecule has 1 atom stereocenters. The third-order valence-electron chi connectivity index (χ3n) is 6.48. The first-order valence-corrected chi connectivity index (χ1v) is 13.1. The van der Waals surface area contributed by atoms with Gasteiger partial charge < -0.3 is 20.7 Å². The van der Waals surface area contributed by atoms with Crippen LogP contribution in [0.5, 0.6) is 0 Å². The number of nitrogens with one attached hydrogen (secondary N) is 3. The first-order chi connectivity index (χ1) is 17.9. The van der Waals surface area contributed by atoms with E-state index in [0.29, 0.717) is 37.1 Å². The summed E-state index contributed by atoms with van der Waals surface area (Å²) in [6.07, 6.45) is 3.58. The Kier molecular flexibility index (Phi) is 10.2. The van der Waals surface area contributed by atoms with Crippen molar-refractivity contribution in [2.24, 2.45) is 0 Å². The van der Waals surface area contributed by atoms with E-state index >= 15 is 0 Å². The fourth-order valence-electron chi connectivity index (χ4n) is 4.59. The Morgan fingerprint density at radius 1 is 0.892 bits per heavy atom. The topological polar surface area (TPSA) is 114 Å². The Bertz CT molecular complexity index is 1140. The smallest absolute Gasteiger partial charge is 0.406 e. The average molecular weight is 508 g/mol. The summed E-state index contributed by atoms with van der Waals surface area (Å²) in [5.41, 5.74) is 4.91. The van der Waals surface area contributed by atoms with Crippen LogP contribution in [0.4, 0.5) is 10.5 Å². The van der Waals surface area contributed by atoms with Crippen molar-refractivity contribution in [2.75, 3.05) is 25.5 Å². The van der Waals surface area contributed by atoms with Crippen molar-refractivity contribution in [3.8, 4) is 11.1 Å². The summed E-state index contributed by atoms with van der Waals surface area (Å²) >= 11 is 0. The van der Waals surface area contributed by atoms with Gasteiger partial charge in [-0.2, -0.15) is 0 Å². The first-order valence-electron chi connectivity index (χ1n) is 13.1. The van der Waals surface area contributed by atoms with Gasteiger partial charge in [-0.3, -0.25) is 14.4 Å². The zero-order valence-electron chi connectivity index (χ0n) is 21.9. The molecule has 0 radical (unpaired) electrons. The number of benzene rings is 2. The highest BCUT2D eigenvalue weighted by molar-refractivity contribution is 6.05. The van der Waals surface area contributed by atoms with E-state index in [9.17, 15) is 19.2 Å². The number of amides is 3. The molecule has 3 N–H and O–H groups in total. The number of hydrogen-bond donors (Lipinski definition) is 3. The molecule has 1 aliphatic carbocycles. The number of anilines is 1. The molecule has 1 unspecified atom stereocenters. The third kappa shape index (κ3) is 7.18. The minimum Gasteiger partial charge on any atom is -0.449 e. The molecule has 2 aromatic rings. The van der Waals surface area contributed by atoms with Crippen molar-refractivity contribution in [2.45, 2.75) is 64.7 Å². The zero-order chi connectivity index (χ0) is 26.8. The van der Waals surface area contributed by atoms with Gasteiger partial charge in [0.2, 0.25) is 11.8 Å². The highest BCUT2D eigenvalue weighted by Crippen LogP contribution is 2.47. The van der Waals surface area contributed by atoms with E-state index in [1.165, 1.54) is 7.05 Å². The maximum Gasteiger partial charge on any atom is 0.406 e. The van der Waals surface area contributed by atoms with E-state index in [1.807, 2.05) is 43.3 Å². The molecule has 0 saturated heterocycles. The van der Waals surface area contributed by atoms with E-state index in [2.05, 4.69) is 22.9 Å². The van der Waals surface area contributed by atoms with Crippen molar-refractivity contribution in [1.82, 2.24) is 10.6 Å². The van der Waals surface area contributed by atoms with Gasteiger partial charge in [-0.25, -0.2) is 4.79 Å². The van der Waals surface area contributed by atoms with Crippen LogP contribution in [0.1, 0.15) is 86.2 Å². The Morgan fingerprint density at radius 3 is 2.41 bits per heavy atom. The molecule has 0 bridgehead atoms. The summed E-state index contributed by atoms with van der Waals surface area (Å²) < 4.78 is 5.42. The van der Waals surface area contributed by atoms with Crippen LogP contribution in [0.25, 0.3) is 11.1 Å². The fraction of sp³-hybridized carbons (Fsp3) is 0.448. The number of ketones is 1. The molecule has 0 saturated carbocycles. The average Bonchev–Trinajstić information content (AvgIpc) is 3.21. The molecule has 3 rings (SSSR count). The number of carbonyl (C=O) groups is 4. The van der Waals surface area contributed by atoms with Gasteiger partial charge in [0.25, 0.3) is 0 Å². The number of unbranched alkanes of at least 4 members (excludes halogenated alkanes) is 1. The first kappa shape index (κ1) is 27.9.